The Morgan fingerprint density at radius 1 is 1.44 bits per heavy atom. The van der Waals surface area contributed by atoms with E-state index in [1.165, 1.54) is 7.11 Å². The molecule has 5 nitrogen and oxygen atoms in total. The second-order valence-corrected chi connectivity index (χ2v) is 4.23. The van der Waals surface area contributed by atoms with Crippen molar-refractivity contribution < 1.29 is 14.3 Å². The van der Waals surface area contributed by atoms with Gasteiger partial charge in [-0.15, -0.1) is 0 Å². The number of carbonyl (C=O) groups is 2. The Morgan fingerprint density at radius 3 is 3.06 bits per heavy atom. The molecule has 0 fully saturated rings. The average molecular weight is 248 g/mol. The summed E-state index contributed by atoms with van der Waals surface area (Å²) in [6, 6.07) is 1.86. The summed E-state index contributed by atoms with van der Waals surface area (Å²) in [5.74, 6) is -0.210. The Labute approximate surface area is 106 Å². The molecule has 2 rings (SSSR count). The van der Waals surface area contributed by atoms with E-state index in [0.29, 0.717) is 25.8 Å². The first kappa shape index (κ1) is 12.5. The van der Waals surface area contributed by atoms with Crippen LogP contribution in [0, 0.1) is 0 Å². The minimum absolute atomic E-state index is 0.0591. The number of anilines is 1. The number of esters is 1. The van der Waals surface area contributed by atoms with Gasteiger partial charge < -0.3 is 9.64 Å². The highest BCUT2D eigenvalue weighted by Gasteiger charge is 2.24. The quantitative estimate of drug-likeness (QED) is 0.754. The van der Waals surface area contributed by atoms with E-state index in [4.69, 9.17) is 0 Å². The van der Waals surface area contributed by atoms with Crippen LogP contribution in [0.1, 0.15) is 24.8 Å². The molecule has 0 unspecified atom stereocenters. The summed E-state index contributed by atoms with van der Waals surface area (Å²) in [6.07, 6.45) is 5.54. The fourth-order valence-electron chi connectivity index (χ4n) is 2.11. The van der Waals surface area contributed by atoms with Gasteiger partial charge in [0.05, 0.1) is 7.11 Å². The number of aromatic nitrogens is 1. The highest BCUT2D eigenvalue weighted by Crippen LogP contribution is 2.27. The Kier molecular flexibility index (Phi) is 3.92. The molecule has 18 heavy (non-hydrogen) atoms. The van der Waals surface area contributed by atoms with E-state index in [-0.39, 0.29) is 11.9 Å². The third kappa shape index (κ3) is 2.67. The molecule has 0 atom stereocenters. The smallest absolute Gasteiger partial charge is 0.305 e. The largest absolute Gasteiger partial charge is 0.469 e. The van der Waals surface area contributed by atoms with Crippen molar-refractivity contribution in [2.75, 3.05) is 18.6 Å². The number of amides is 1. The van der Waals surface area contributed by atoms with Gasteiger partial charge in [-0.3, -0.25) is 14.6 Å². The van der Waals surface area contributed by atoms with Gasteiger partial charge in [-0.2, -0.15) is 0 Å². The van der Waals surface area contributed by atoms with Crippen molar-refractivity contribution in [3.8, 4) is 0 Å². The minimum Gasteiger partial charge on any atom is -0.469 e. The van der Waals surface area contributed by atoms with Gasteiger partial charge in [0.15, 0.2) is 0 Å². The summed E-state index contributed by atoms with van der Waals surface area (Å²) < 4.78 is 4.54. The van der Waals surface area contributed by atoms with Crippen LogP contribution in [0.25, 0.3) is 0 Å². The summed E-state index contributed by atoms with van der Waals surface area (Å²) in [6.45, 7) is 0.706. The lowest BCUT2D eigenvalue weighted by atomic mass is 10.2. The van der Waals surface area contributed by atoms with Crippen LogP contribution < -0.4 is 4.90 Å². The number of methoxy groups -OCH3 is 1. The number of ether oxygens (including phenoxy) is 1. The molecule has 1 aliphatic heterocycles. The van der Waals surface area contributed by atoms with Gasteiger partial charge in [0.1, 0.15) is 0 Å². The zero-order valence-electron chi connectivity index (χ0n) is 10.4. The fraction of sp³-hybridized carbons (Fsp3) is 0.462. The van der Waals surface area contributed by atoms with Gasteiger partial charge in [0, 0.05) is 37.5 Å². The molecule has 0 saturated heterocycles. The van der Waals surface area contributed by atoms with Gasteiger partial charge in [-0.25, -0.2) is 0 Å². The average Bonchev–Trinajstić information content (AvgIpc) is 2.82. The molecule has 0 aliphatic carbocycles. The van der Waals surface area contributed by atoms with Crippen molar-refractivity contribution in [3.05, 3.63) is 24.0 Å². The number of hydrogen-bond donors (Lipinski definition) is 0. The molecule has 0 radical (unpaired) electrons. The van der Waals surface area contributed by atoms with E-state index < -0.39 is 0 Å². The standard InChI is InChI=1S/C13H16N2O3/c1-18-13(17)4-2-3-12(16)15-8-6-10-9-14-7-5-11(10)15/h5,7,9H,2-4,6,8H2,1H3. The number of fused-ring (bicyclic) bond motifs is 1. The summed E-state index contributed by atoms with van der Waals surface area (Å²) in [5, 5.41) is 0. The third-order valence-electron chi connectivity index (χ3n) is 3.07. The molecule has 0 spiro atoms. The summed E-state index contributed by atoms with van der Waals surface area (Å²) in [4.78, 5) is 28.8. The molecule has 1 aromatic heterocycles. The van der Waals surface area contributed by atoms with Gasteiger partial charge >= 0.3 is 5.97 Å². The van der Waals surface area contributed by atoms with Crippen molar-refractivity contribution >= 4 is 17.6 Å². The molecular formula is C13H16N2O3. The van der Waals surface area contributed by atoms with Crippen LogP contribution in [0.15, 0.2) is 18.5 Å². The maximum atomic E-state index is 12.0. The van der Waals surface area contributed by atoms with Crippen LogP contribution >= 0.6 is 0 Å². The Hall–Kier alpha value is -1.91. The van der Waals surface area contributed by atoms with E-state index in [0.717, 1.165) is 17.7 Å². The monoisotopic (exact) mass is 248 g/mol. The van der Waals surface area contributed by atoms with E-state index in [9.17, 15) is 9.59 Å². The van der Waals surface area contributed by atoms with Crippen molar-refractivity contribution in [3.63, 3.8) is 0 Å². The summed E-state index contributed by atoms with van der Waals surface area (Å²) >= 11 is 0. The fourth-order valence-corrected chi connectivity index (χ4v) is 2.11. The normalized spacial score (nSPS) is 13.3. The van der Waals surface area contributed by atoms with Crippen molar-refractivity contribution in [2.45, 2.75) is 25.7 Å². The predicted molar refractivity (Wildman–Crippen MR) is 66.2 cm³/mol. The number of carbonyl (C=O) groups excluding carboxylic acids is 2. The number of rotatable bonds is 4. The van der Waals surface area contributed by atoms with Crippen molar-refractivity contribution in [1.29, 1.82) is 0 Å². The molecule has 0 N–H and O–H groups in total. The lowest BCUT2D eigenvalue weighted by Gasteiger charge is -2.16. The molecule has 0 bridgehead atoms. The maximum Gasteiger partial charge on any atom is 0.305 e. The van der Waals surface area contributed by atoms with Crippen LogP contribution in [-0.4, -0.2) is 30.5 Å². The van der Waals surface area contributed by atoms with E-state index in [2.05, 4.69) is 9.72 Å². The first-order valence-electron chi connectivity index (χ1n) is 6.02. The summed E-state index contributed by atoms with van der Waals surface area (Å²) in [5.41, 5.74) is 2.06. The molecule has 1 aromatic rings. The van der Waals surface area contributed by atoms with Crippen LogP contribution in [0.3, 0.4) is 0 Å². The number of pyridine rings is 1. The topological polar surface area (TPSA) is 59.5 Å². The second kappa shape index (κ2) is 5.62. The Bertz CT molecular complexity index is 459. The van der Waals surface area contributed by atoms with Crippen LogP contribution in [0.5, 0.6) is 0 Å². The Balaban J connectivity index is 1.90. The van der Waals surface area contributed by atoms with E-state index in [1.54, 1.807) is 17.3 Å². The maximum absolute atomic E-state index is 12.0. The number of nitrogens with zero attached hydrogens (tertiary/aromatic N) is 2. The molecule has 0 saturated carbocycles. The SMILES string of the molecule is COC(=O)CCCC(=O)N1CCc2cnccc21. The van der Waals surface area contributed by atoms with Crippen LogP contribution in [-0.2, 0) is 20.7 Å². The molecule has 96 valence electrons. The van der Waals surface area contributed by atoms with Crippen LogP contribution in [0.4, 0.5) is 5.69 Å². The summed E-state index contributed by atoms with van der Waals surface area (Å²) in [7, 11) is 1.36. The highest BCUT2D eigenvalue weighted by molar-refractivity contribution is 5.95. The van der Waals surface area contributed by atoms with Crippen molar-refractivity contribution in [2.24, 2.45) is 0 Å². The zero-order valence-corrected chi connectivity index (χ0v) is 10.4. The first-order chi connectivity index (χ1) is 8.72. The molecule has 1 aliphatic rings. The molecular weight excluding hydrogens is 232 g/mol. The first-order valence-corrected chi connectivity index (χ1v) is 6.02. The molecule has 1 amide bonds. The van der Waals surface area contributed by atoms with Gasteiger partial charge in [-0.05, 0) is 24.5 Å². The minimum atomic E-state index is -0.270. The lowest BCUT2D eigenvalue weighted by molar-refractivity contribution is -0.140. The molecule has 2 heterocycles. The molecule has 0 aromatic carbocycles. The number of hydrogen-bond acceptors (Lipinski definition) is 4. The van der Waals surface area contributed by atoms with Crippen molar-refractivity contribution in [1.82, 2.24) is 4.98 Å². The predicted octanol–water partition coefficient (Wildman–Crippen LogP) is 1.31. The van der Waals surface area contributed by atoms with Gasteiger partial charge in [-0.1, -0.05) is 0 Å². The highest BCUT2D eigenvalue weighted by atomic mass is 16.5. The van der Waals surface area contributed by atoms with Crippen LogP contribution in [0.2, 0.25) is 0 Å². The molecule has 5 heteroatoms. The lowest BCUT2D eigenvalue weighted by Crippen LogP contribution is -2.28. The van der Waals surface area contributed by atoms with Gasteiger partial charge in [0.25, 0.3) is 0 Å². The van der Waals surface area contributed by atoms with Gasteiger partial charge in [0.2, 0.25) is 5.91 Å². The van der Waals surface area contributed by atoms with E-state index in [1.807, 2.05) is 6.07 Å². The second-order valence-electron chi connectivity index (χ2n) is 4.23. The zero-order chi connectivity index (χ0) is 13.0. The van der Waals surface area contributed by atoms with E-state index >= 15 is 0 Å². The Morgan fingerprint density at radius 2 is 2.28 bits per heavy atom. The third-order valence-corrected chi connectivity index (χ3v) is 3.07.